The summed E-state index contributed by atoms with van der Waals surface area (Å²) >= 11 is 0. The van der Waals surface area contributed by atoms with Gasteiger partial charge in [0.1, 0.15) is 6.23 Å². The van der Waals surface area contributed by atoms with Crippen molar-refractivity contribution in [3.8, 4) is 0 Å². The molecule has 0 amide bonds. The number of rotatable bonds is 7. The molecule has 0 aromatic rings. The zero-order valence-corrected chi connectivity index (χ0v) is 10.1. The molecule has 0 saturated carbocycles. The molecule has 0 spiro atoms. The lowest BCUT2D eigenvalue weighted by molar-refractivity contribution is -0.139. The quantitative estimate of drug-likeness (QED) is 0.279. The van der Waals surface area contributed by atoms with Gasteiger partial charge in [0.05, 0.1) is 13.2 Å². The Morgan fingerprint density at radius 2 is 2.00 bits per heavy atom. The minimum Gasteiger partial charge on any atom is -0.462 e. The summed E-state index contributed by atoms with van der Waals surface area (Å²) < 4.78 is 10.4. The average molecular weight is 215 g/mol. The van der Waals surface area contributed by atoms with Crippen molar-refractivity contribution < 1.29 is 14.3 Å². The summed E-state index contributed by atoms with van der Waals surface area (Å²) in [6.07, 6.45) is 0.791. The molecule has 0 aliphatic carbocycles. The van der Waals surface area contributed by atoms with E-state index in [-0.39, 0.29) is 12.2 Å². The summed E-state index contributed by atoms with van der Waals surface area (Å²) in [5, 5.41) is 0. The van der Waals surface area contributed by atoms with Crippen LogP contribution in [0.2, 0.25) is 0 Å². The molecular weight excluding hydrogens is 194 g/mol. The number of hydrogen-bond donors (Lipinski definition) is 0. The maximum atomic E-state index is 11.0. The van der Waals surface area contributed by atoms with Crippen molar-refractivity contribution in [3.63, 3.8) is 0 Å². The lowest BCUT2D eigenvalue weighted by atomic mass is 10.4. The van der Waals surface area contributed by atoms with E-state index < -0.39 is 0 Å². The summed E-state index contributed by atoms with van der Waals surface area (Å²) in [7, 11) is 3.90. The van der Waals surface area contributed by atoms with Crippen LogP contribution in [0.25, 0.3) is 0 Å². The summed E-state index contributed by atoms with van der Waals surface area (Å²) in [6.45, 7) is 8.06. The maximum Gasteiger partial charge on any atom is 0.333 e. The van der Waals surface area contributed by atoms with E-state index in [1.165, 1.54) is 0 Å². The molecule has 0 saturated heterocycles. The van der Waals surface area contributed by atoms with Gasteiger partial charge in [0.25, 0.3) is 0 Å². The van der Waals surface area contributed by atoms with Crippen LogP contribution < -0.4 is 0 Å². The van der Waals surface area contributed by atoms with E-state index in [9.17, 15) is 4.79 Å². The zero-order chi connectivity index (χ0) is 11.8. The second-order valence-electron chi connectivity index (χ2n) is 3.70. The van der Waals surface area contributed by atoms with Gasteiger partial charge in [-0.2, -0.15) is 0 Å². The SMILES string of the molecule is C=C(C)C(=O)OCCCOC(C)N(C)C. The first-order valence-electron chi connectivity index (χ1n) is 5.05. The highest BCUT2D eigenvalue weighted by Crippen LogP contribution is 1.97. The fourth-order valence-corrected chi connectivity index (χ4v) is 0.750. The number of esters is 1. The van der Waals surface area contributed by atoms with Crippen LogP contribution in [-0.4, -0.2) is 44.4 Å². The predicted molar refractivity (Wildman–Crippen MR) is 59.5 cm³/mol. The molecular formula is C11H21NO3. The van der Waals surface area contributed by atoms with Crippen LogP contribution in [0.4, 0.5) is 0 Å². The third-order valence-corrected chi connectivity index (χ3v) is 1.96. The van der Waals surface area contributed by atoms with Crippen molar-refractivity contribution in [3.05, 3.63) is 12.2 Å². The molecule has 0 aromatic carbocycles. The lowest BCUT2D eigenvalue weighted by Gasteiger charge is -2.19. The van der Waals surface area contributed by atoms with Gasteiger partial charge in [0.15, 0.2) is 0 Å². The Kier molecular flexibility index (Phi) is 6.99. The molecule has 0 bridgehead atoms. The van der Waals surface area contributed by atoms with E-state index in [2.05, 4.69) is 6.58 Å². The third-order valence-electron chi connectivity index (χ3n) is 1.96. The van der Waals surface area contributed by atoms with Crippen molar-refractivity contribution in [1.29, 1.82) is 0 Å². The highest BCUT2D eigenvalue weighted by molar-refractivity contribution is 5.86. The fraction of sp³-hybridized carbons (Fsp3) is 0.727. The molecule has 15 heavy (non-hydrogen) atoms. The first-order valence-corrected chi connectivity index (χ1v) is 5.05. The first-order chi connectivity index (χ1) is 6.95. The van der Waals surface area contributed by atoms with Gasteiger partial charge in [-0.05, 0) is 27.9 Å². The van der Waals surface area contributed by atoms with E-state index in [4.69, 9.17) is 9.47 Å². The van der Waals surface area contributed by atoms with Gasteiger partial charge in [0.2, 0.25) is 0 Å². The smallest absolute Gasteiger partial charge is 0.333 e. The highest BCUT2D eigenvalue weighted by Gasteiger charge is 2.05. The zero-order valence-electron chi connectivity index (χ0n) is 10.1. The molecule has 0 rings (SSSR count). The molecule has 0 radical (unpaired) electrons. The molecule has 4 heteroatoms. The number of nitrogens with zero attached hydrogens (tertiary/aromatic N) is 1. The molecule has 0 aromatic heterocycles. The summed E-state index contributed by atoms with van der Waals surface area (Å²) in [4.78, 5) is 12.9. The Hall–Kier alpha value is -0.870. The average Bonchev–Trinajstić information content (AvgIpc) is 2.16. The standard InChI is InChI=1S/C11H21NO3/c1-9(2)11(13)15-8-6-7-14-10(3)12(4)5/h10H,1,6-8H2,2-5H3. The Morgan fingerprint density at radius 1 is 1.40 bits per heavy atom. The first kappa shape index (κ1) is 14.1. The van der Waals surface area contributed by atoms with Crippen LogP contribution in [0.1, 0.15) is 20.3 Å². The minimum absolute atomic E-state index is 0.0850. The van der Waals surface area contributed by atoms with Crippen LogP contribution in [-0.2, 0) is 14.3 Å². The van der Waals surface area contributed by atoms with Crippen LogP contribution in [0.3, 0.4) is 0 Å². The van der Waals surface area contributed by atoms with Crippen molar-refractivity contribution in [1.82, 2.24) is 4.90 Å². The van der Waals surface area contributed by atoms with Gasteiger partial charge in [-0.15, -0.1) is 0 Å². The topological polar surface area (TPSA) is 38.8 Å². The van der Waals surface area contributed by atoms with Gasteiger partial charge in [-0.1, -0.05) is 6.58 Å². The maximum absolute atomic E-state index is 11.0. The van der Waals surface area contributed by atoms with Crippen molar-refractivity contribution in [2.24, 2.45) is 0 Å². The van der Waals surface area contributed by atoms with Gasteiger partial charge in [-0.25, -0.2) is 4.79 Å². The van der Waals surface area contributed by atoms with Crippen molar-refractivity contribution in [2.75, 3.05) is 27.3 Å². The van der Waals surface area contributed by atoms with Gasteiger partial charge in [-0.3, -0.25) is 4.90 Å². The number of carbonyl (C=O) groups is 1. The Bertz CT molecular complexity index is 214. The lowest BCUT2D eigenvalue weighted by Crippen LogP contribution is -2.28. The van der Waals surface area contributed by atoms with Crippen molar-refractivity contribution in [2.45, 2.75) is 26.5 Å². The van der Waals surface area contributed by atoms with Crippen molar-refractivity contribution >= 4 is 5.97 Å². The molecule has 0 N–H and O–H groups in total. The van der Waals surface area contributed by atoms with Crippen LogP contribution >= 0.6 is 0 Å². The van der Waals surface area contributed by atoms with E-state index in [0.717, 1.165) is 0 Å². The Balaban J connectivity index is 3.40. The molecule has 0 fully saturated rings. The number of hydrogen-bond acceptors (Lipinski definition) is 4. The second-order valence-corrected chi connectivity index (χ2v) is 3.70. The summed E-state index contributed by atoms with van der Waals surface area (Å²) in [6, 6.07) is 0. The van der Waals surface area contributed by atoms with Crippen LogP contribution in [0, 0.1) is 0 Å². The fourth-order valence-electron chi connectivity index (χ4n) is 0.750. The molecule has 4 nitrogen and oxygen atoms in total. The number of ether oxygens (including phenoxy) is 2. The highest BCUT2D eigenvalue weighted by atomic mass is 16.5. The molecule has 0 aliphatic heterocycles. The van der Waals surface area contributed by atoms with Gasteiger partial charge in [0, 0.05) is 12.0 Å². The molecule has 88 valence electrons. The van der Waals surface area contributed by atoms with E-state index in [1.807, 2.05) is 25.9 Å². The van der Waals surface area contributed by atoms with Gasteiger partial charge >= 0.3 is 5.97 Å². The predicted octanol–water partition coefficient (Wildman–Crippen LogP) is 1.42. The van der Waals surface area contributed by atoms with E-state index >= 15 is 0 Å². The summed E-state index contributed by atoms with van der Waals surface area (Å²) in [5.41, 5.74) is 0.428. The minimum atomic E-state index is -0.337. The molecule has 0 heterocycles. The normalized spacial score (nSPS) is 12.6. The van der Waals surface area contributed by atoms with E-state index in [1.54, 1.807) is 6.92 Å². The number of carbonyl (C=O) groups excluding carboxylic acids is 1. The molecule has 1 unspecified atom stereocenters. The van der Waals surface area contributed by atoms with Crippen LogP contribution in [0.15, 0.2) is 12.2 Å². The van der Waals surface area contributed by atoms with E-state index in [0.29, 0.717) is 25.2 Å². The Morgan fingerprint density at radius 3 is 2.47 bits per heavy atom. The largest absolute Gasteiger partial charge is 0.462 e. The Labute approximate surface area is 91.8 Å². The third kappa shape index (κ3) is 7.11. The molecule has 0 aliphatic rings. The monoisotopic (exact) mass is 215 g/mol. The van der Waals surface area contributed by atoms with Crippen LogP contribution in [0.5, 0.6) is 0 Å². The molecule has 1 atom stereocenters. The summed E-state index contributed by atoms with van der Waals surface area (Å²) in [5.74, 6) is -0.337. The van der Waals surface area contributed by atoms with Gasteiger partial charge < -0.3 is 9.47 Å². The second kappa shape index (κ2) is 7.43.